The Morgan fingerprint density at radius 2 is 2.19 bits per heavy atom. The number of carbonyl (C=O) groups excluding carboxylic acids is 1. The summed E-state index contributed by atoms with van der Waals surface area (Å²) in [5, 5.41) is 12.3. The van der Waals surface area contributed by atoms with E-state index in [1.165, 1.54) is 11.8 Å². The Morgan fingerprint density at radius 1 is 1.42 bits per heavy atom. The molecule has 8 nitrogen and oxygen atoms in total. The van der Waals surface area contributed by atoms with Crippen LogP contribution in [0.4, 0.5) is 10.6 Å². The van der Waals surface area contributed by atoms with Crippen molar-refractivity contribution in [1.29, 1.82) is 0 Å². The Hall–Kier alpha value is -1.74. The number of anilines is 1. The number of likely N-dealkylation sites (tertiary alicyclic amines) is 1. The molecule has 1 unspecified atom stereocenters. The third-order valence-corrected chi connectivity index (χ3v) is 4.82. The summed E-state index contributed by atoms with van der Waals surface area (Å²) in [4.78, 5) is 22.6. The number of piperidine rings is 1. The molecule has 1 saturated heterocycles. The van der Waals surface area contributed by atoms with Crippen LogP contribution in [0.15, 0.2) is 5.03 Å². The number of nitrogens with zero attached hydrogens (tertiary/aromatic N) is 4. The average Bonchev–Trinajstić information content (AvgIpc) is 2.96. The smallest absolute Gasteiger partial charge is 0.410 e. The number of aromatic amines is 1. The first-order chi connectivity index (χ1) is 12.3. The van der Waals surface area contributed by atoms with Gasteiger partial charge in [0.05, 0.1) is 5.39 Å². The van der Waals surface area contributed by atoms with Crippen molar-refractivity contribution < 1.29 is 9.53 Å². The number of hydrogen-bond donors (Lipinski definition) is 2. The number of fused-ring (bicyclic) bond motifs is 1. The van der Waals surface area contributed by atoms with Crippen LogP contribution in [0.25, 0.3) is 11.0 Å². The van der Waals surface area contributed by atoms with Crippen LogP contribution in [0, 0.1) is 0 Å². The predicted octanol–water partition coefficient (Wildman–Crippen LogP) is 3.54. The Balaban J connectivity index is 1.77. The Labute approximate surface area is 161 Å². The number of nitrogens with one attached hydrogen (secondary N) is 2. The van der Waals surface area contributed by atoms with Crippen LogP contribution < -0.4 is 5.32 Å². The highest BCUT2D eigenvalue weighted by Gasteiger charge is 2.28. The second-order valence-corrected chi connectivity index (χ2v) is 8.34. The summed E-state index contributed by atoms with van der Waals surface area (Å²) in [6.07, 6.45) is 3.47. The molecule has 3 heterocycles. The van der Waals surface area contributed by atoms with Crippen LogP contribution >= 0.6 is 23.4 Å². The van der Waals surface area contributed by atoms with E-state index < -0.39 is 5.60 Å². The van der Waals surface area contributed by atoms with E-state index in [0.717, 1.165) is 23.3 Å². The maximum atomic E-state index is 12.3. The minimum absolute atomic E-state index is 0.0510. The van der Waals surface area contributed by atoms with E-state index in [4.69, 9.17) is 16.3 Å². The van der Waals surface area contributed by atoms with Gasteiger partial charge in [-0.1, -0.05) is 0 Å². The molecule has 3 rings (SSSR count). The van der Waals surface area contributed by atoms with Crippen LogP contribution in [0.5, 0.6) is 0 Å². The maximum Gasteiger partial charge on any atom is 0.410 e. The predicted molar refractivity (Wildman–Crippen MR) is 103 cm³/mol. The fourth-order valence-electron chi connectivity index (χ4n) is 2.91. The molecular formula is C16H23ClN6O2S. The quantitative estimate of drug-likeness (QED) is 0.602. The molecule has 10 heteroatoms. The van der Waals surface area contributed by atoms with Gasteiger partial charge in [0.1, 0.15) is 16.4 Å². The number of halogens is 1. The van der Waals surface area contributed by atoms with Crippen molar-refractivity contribution in [3.63, 3.8) is 0 Å². The summed E-state index contributed by atoms with van der Waals surface area (Å²) in [5.41, 5.74) is 0.0880. The van der Waals surface area contributed by atoms with Crippen molar-refractivity contribution >= 4 is 46.3 Å². The largest absolute Gasteiger partial charge is 0.444 e. The van der Waals surface area contributed by atoms with Gasteiger partial charge in [-0.25, -0.2) is 4.79 Å². The lowest BCUT2D eigenvalue weighted by Gasteiger charge is -2.34. The Morgan fingerprint density at radius 3 is 2.88 bits per heavy atom. The van der Waals surface area contributed by atoms with E-state index in [2.05, 4.69) is 25.5 Å². The van der Waals surface area contributed by atoms with E-state index >= 15 is 0 Å². The lowest BCUT2D eigenvalue weighted by Crippen LogP contribution is -2.47. The molecule has 1 fully saturated rings. The second-order valence-electron chi connectivity index (χ2n) is 7.21. The minimum atomic E-state index is -0.506. The van der Waals surface area contributed by atoms with Crippen molar-refractivity contribution in [3.8, 4) is 0 Å². The molecule has 2 N–H and O–H groups in total. The number of hydrogen-bond acceptors (Lipinski definition) is 7. The van der Waals surface area contributed by atoms with Crippen molar-refractivity contribution in [3.05, 3.63) is 5.28 Å². The SMILES string of the molecule is CSc1n[nH]c2nc(Cl)nc(NC3CCCN(C(=O)OC(C)(C)C)C3)c12. The van der Waals surface area contributed by atoms with Gasteiger partial charge in [0.15, 0.2) is 5.65 Å². The first-order valence-corrected chi connectivity index (χ1v) is 10.1. The topological polar surface area (TPSA) is 96.0 Å². The number of H-pyrrole nitrogens is 1. The highest BCUT2D eigenvalue weighted by Crippen LogP contribution is 2.30. The van der Waals surface area contributed by atoms with E-state index in [1.54, 1.807) is 4.90 Å². The third kappa shape index (κ3) is 4.32. The number of rotatable bonds is 3. The zero-order valence-corrected chi connectivity index (χ0v) is 16.9. The number of amides is 1. The molecule has 2 aromatic heterocycles. The molecule has 0 aliphatic carbocycles. The summed E-state index contributed by atoms with van der Waals surface area (Å²) in [7, 11) is 0. The molecule has 0 aromatic carbocycles. The van der Waals surface area contributed by atoms with Gasteiger partial charge in [0, 0.05) is 19.1 Å². The highest BCUT2D eigenvalue weighted by atomic mass is 35.5. The summed E-state index contributed by atoms with van der Waals surface area (Å²) in [6, 6.07) is 0.0510. The van der Waals surface area contributed by atoms with Crippen LogP contribution in [0.3, 0.4) is 0 Å². The summed E-state index contributed by atoms with van der Waals surface area (Å²) < 4.78 is 5.48. The van der Waals surface area contributed by atoms with E-state index in [-0.39, 0.29) is 17.4 Å². The Kier molecular flexibility index (Phi) is 5.47. The molecule has 1 amide bonds. The van der Waals surface area contributed by atoms with Gasteiger partial charge in [0.2, 0.25) is 5.28 Å². The summed E-state index contributed by atoms with van der Waals surface area (Å²) in [6.45, 7) is 6.84. The van der Waals surface area contributed by atoms with Crippen LogP contribution in [0.1, 0.15) is 33.6 Å². The lowest BCUT2D eigenvalue weighted by atomic mass is 10.1. The van der Waals surface area contributed by atoms with Crippen molar-refractivity contribution in [2.24, 2.45) is 0 Å². The molecule has 26 heavy (non-hydrogen) atoms. The zero-order valence-electron chi connectivity index (χ0n) is 15.3. The molecule has 0 radical (unpaired) electrons. The van der Waals surface area contributed by atoms with E-state index in [1.807, 2.05) is 27.0 Å². The first kappa shape index (κ1) is 19.0. The monoisotopic (exact) mass is 398 g/mol. The van der Waals surface area contributed by atoms with Gasteiger partial charge < -0.3 is 15.0 Å². The minimum Gasteiger partial charge on any atom is -0.444 e. The van der Waals surface area contributed by atoms with Crippen molar-refractivity contribution in [2.45, 2.75) is 50.3 Å². The fourth-order valence-corrected chi connectivity index (χ4v) is 3.61. The zero-order chi connectivity index (χ0) is 18.9. The molecular weight excluding hydrogens is 376 g/mol. The molecule has 0 saturated carbocycles. The standard InChI is InChI=1S/C16H23ClN6O2S/c1-16(2,3)25-15(24)23-7-5-6-9(8-23)18-11-10-12(20-14(17)19-11)21-22-13(10)26-4/h9H,5-8H2,1-4H3,(H2,18,19,20,21,22). The maximum absolute atomic E-state index is 12.3. The van der Waals surface area contributed by atoms with Gasteiger partial charge >= 0.3 is 6.09 Å². The lowest BCUT2D eigenvalue weighted by molar-refractivity contribution is 0.0206. The molecule has 2 aromatic rings. The molecule has 1 atom stereocenters. The van der Waals surface area contributed by atoms with E-state index in [0.29, 0.717) is 24.6 Å². The van der Waals surface area contributed by atoms with E-state index in [9.17, 15) is 4.79 Å². The van der Waals surface area contributed by atoms with Crippen molar-refractivity contribution in [2.75, 3.05) is 24.7 Å². The second kappa shape index (κ2) is 7.48. The van der Waals surface area contributed by atoms with Gasteiger partial charge in [-0.05, 0) is 51.5 Å². The molecule has 142 valence electrons. The molecule has 1 aliphatic rings. The fraction of sp³-hybridized carbons (Fsp3) is 0.625. The molecule has 0 spiro atoms. The van der Waals surface area contributed by atoms with Gasteiger partial charge in [0.25, 0.3) is 0 Å². The Bertz CT molecular complexity index is 806. The van der Waals surface area contributed by atoms with Gasteiger partial charge in [-0.15, -0.1) is 11.8 Å². The number of carbonyl (C=O) groups is 1. The van der Waals surface area contributed by atoms with Crippen LogP contribution in [0.2, 0.25) is 5.28 Å². The highest BCUT2D eigenvalue weighted by molar-refractivity contribution is 7.98. The first-order valence-electron chi connectivity index (χ1n) is 8.47. The summed E-state index contributed by atoms with van der Waals surface area (Å²) in [5.74, 6) is 0.633. The summed E-state index contributed by atoms with van der Waals surface area (Å²) >= 11 is 7.55. The van der Waals surface area contributed by atoms with Crippen LogP contribution in [-0.2, 0) is 4.74 Å². The normalized spacial score (nSPS) is 18.2. The van der Waals surface area contributed by atoms with Crippen LogP contribution in [-0.4, -0.2) is 62.1 Å². The molecule has 1 aliphatic heterocycles. The molecule has 0 bridgehead atoms. The van der Waals surface area contributed by atoms with Gasteiger partial charge in [-0.3, -0.25) is 5.10 Å². The number of ether oxygens (including phenoxy) is 1. The van der Waals surface area contributed by atoms with Crippen molar-refractivity contribution in [1.82, 2.24) is 25.1 Å². The third-order valence-electron chi connectivity index (χ3n) is 3.97. The number of thioether (sulfide) groups is 1. The van der Waals surface area contributed by atoms with Gasteiger partial charge in [-0.2, -0.15) is 15.1 Å². The average molecular weight is 399 g/mol. The number of aromatic nitrogens is 4.